The summed E-state index contributed by atoms with van der Waals surface area (Å²) in [5.41, 5.74) is 5.11. The molecule has 0 unspecified atom stereocenters. The number of hydrogen-bond acceptors (Lipinski definition) is 5. The Morgan fingerprint density at radius 1 is 0.966 bits per heavy atom. The lowest BCUT2D eigenvalue weighted by atomic mass is 10.1. The van der Waals surface area contributed by atoms with Gasteiger partial charge >= 0.3 is 0 Å². The largest absolute Gasteiger partial charge is 0.340 e. The third-order valence-corrected chi connectivity index (χ3v) is 6.53. The zero-order valence-corrected chi connectivity index (χ0v) is 18.2. The molecule has 29 heavy (non-hydrogen) atoms. The number of amides is 1. The summed E-state index contributed by atoms with van der Waals surface area (Å²) in [7, 11) is 0. The van der Waals surface area contributed by atoms with E-state index in [0.717, 1.165) is 67.4 Å². The summed E-state index contributed by atoms with van der Waals surface area (Å²) in [4.78, 5) is 24.6. The first-order valence-electron chi connectivity index (χ1n) is 11.1. The molecule has 0 radical (unpaired) electrons. The van der Waals surface area contributed by atoms with Crippen LogP contribution >= 0.6 is 0 Å². The van der Waals surface area contributed by atoms with Gasteiger partial charge in [0.05, 0.1) is 5.69 Å². The third kappa shape index (κ3) is 4.61. The van der Waals surface area contributed by atoms with Crippen LogP contribution in [0.3, 0.4) is 0 Å². The van der Waals surface area contributed by atoms with E-state index in [1.54, 1.807) is 0 Å². The minimum Gasteiger partial charge on any atom is -0.340 e. The molecule has 4 rings (SSSR count). The molecule has 2 aromatic heterocycles. The normalized spacial score (nSPS) is 18.8. The van der Waals surface area contributed by atoms with E-state index >= 15 is 0 Å². The van der Waals surface area contributed by atoms with Gasteiger partial charge in [0.2, 0.25) is 5.91 Å². The fourth-order valence-electron chi connectivity index (χ4n) is 4.70. The molecule has 2 aliphatic heterocycles. The molecule has 0 aliphatic carbocycles. The summed E-state index contributed by atoms with van der Waals surface area (Å²) in [5.74, 6) is 0.264. The van der Waals surface area contributed by atoms with Crippen LogP contribution in [-0.2, 0) is 11.2 Å². The van der Waals surface area contributed by atoms with Gasteiger partial charge in [-0.25, -0.2) is 9.50 Å². The molecule has 2 fully saturated rings. The van der Waals surface area contributed by atoms with E-state index in [9.17, 15) is 4.79 Å². The molecule has 7 nitrogen and oxygen atoms in total. The number of piperazine rings is 1. The number of nitrogens with zero attached hydrogens (tertiary/aromatic N) is 6. The van der Waals surface area contributed by atoms with Gasteiger partial charge in [0, 0.05) is 63.1 Å². The van der Waals surface area contributed by atoms with Gasteiger partial charge in [-0.05, 0) is 58.7 Å². The average molecular weight is 399 g/mol. The lowest BCUT2D eigenvalue weighted by Gasteiger charge is -2.35. The maximum absolute atomic E-state index is 12.8. The van der Waals surface area contributed by atoms with Crippen molar-refractivity contribution in [3.8, 4) is 0 Å². The van der Waals surface area contributed by atoms with Crippen molar-refractivity contribution in [2.24, 2.45) is 0 Å². The van der Waals surface area contributed by atoms with Gasteiger partial charge in [0.15, 0.2) is 5.65 Å². The third-order valence-electron chi connectivity index (χ3n) is 6.53. The number of rotatable bonds is 6. The monoisotopic (exact) mass is 398 g/mol. The van der Waals surface area contributed by atoms with Crippen molar-refractivity contribution in [3.63, 3.8) is 0 Å². The summed E-state index contributed by atoms with van der Waals surface area (Å²) >= 11 is 0. The van der Waals surface area contributed by atoms with Gasteiger partial charge in [0.1, 0.15) is 0 Å². The summed E-state index contributed by atoms with van der Waals surface area (Å²) in [6.45, 7) is 14.6. The van der Waals surface area contributed by atoms with Crippen molar-refractivity contribution in [2.45, 2.75) is 46.5 Å². The first kappa shape index (κ1) is 20.3. The molecular weight excluding hydrogens is 364 g/mol. The predicted octanol–water partition coefficient (Wildman–Crippen LogP) is 1.83. The molecule has 158 valence electrons. The number of likely N-dealkylation sites (tertiary alicyclic amines) is 1. The van der Waals surface area contributed by atoms with Gasteiger partial charge in [-0.2, -0.15) is 5.10 Å². The van der Waals surface area contributed by atoms with E-state index in [-0.39, 0.29) is 5.91 Å². The lowest BCUT2D eigenvalue weighted by molar-refractivity contribution is -0.132. The van der Waals surface area contributed by atoms with Gasteiger partial charge in [-0.3, -0.25) is 9.69 Å². The Bertz CT molecular complexity index is 862. The number of aromatic nitrogens is 3. The smallest absolute Gasteiger partial charge is 0.222 e. The van der Waals surface area contributed by atoms with Gasteiger partial charge in [-0.15, -0.1) is 0 Å². The molecule has 0 bridgehead atoms. The van der Waals surface area contributed by atoms with Crippen LogP contribution in [0.25, 0.3) is 5.65 Å². The summed E-state index contributed by atoms with van der Waals surface area (Å²) in [6.07, 6.45) is 3.98. The van der Waals surface area contributed by atoms with Crippen LogP contribution < -0.4 is 0 Å². The molecule has 0 atom stereocenters. The van der Waals surface area contributed by atoms with Crippen LogP contribution in [0.2, 0.25) is 0 Å². The van der Waals surface area contributed by atoms with Crippen LogP contribution in [0, 0.1) is 20.8 Å². The second kappa shape index (κ2) is 8.79. The van der Waals surface area contributed by atoms with Crippen molar-refractivity contribution < 1.29 is 4.79 Å². The Labute approximate surface area is 173 Å². The van der Waals surface area contributed by atoms with Crippen LogP contribution in [0.4, 0.5) is 0 Å². The van der Waals surface area contributed by atoms with Crippen molar-refractivity contribution >= 4 is 11.6 Å². The molecule has 0 aromatic carbocycles. The Morgan fingerprint density at radius 2 is 1.62 bits per heavy atom. The second-order valence-corrected chi connectivity index (χ2v) is 8.59. The SMILES string of the molecule is Cc1cc2nc(C)c(CCC(=O)N3CCN(CCN4CCCC4)CC3)c(C)n2n1. The van der Waals surface area contributed by atoms with Crippen LogP contribution in [-0.4, -0.2) is 87.6 Å². The fraction of sp³-hybridized carbons (Fsp3) is 0.682. The summed E-state index contributed by atoms with van der Waals surface area (Å²) < 4.78 is 1.90. The Kier molecular flexibility index (Phi) is 6.15. The Hall–Kier alpha value is -1.99. The van der Waals surface area contributed by atoms with E-state index in [2.05, 4.69) is 26.8 Å². The molecule has 0 saturated carbocycles. The highest BCUT2D eigenvalue weighted by Gasteiger charge is 2.22. The first-order chi connectivity index (χ1) is 14.0. The quantitative estimate of drug-likeness (QED) is 0.743. The molecule has 0 spiro atoms. The number of hydrogen-bond donors (Lipinski definition) is 0. The second-order valence-electron chi connectivity index (χ2n) is 8.59. The van der Waals surface area contributed by atoms with E-state index in [0.29, 0.717) is 6.42 Å². The van der Waals surface area contributed by atoms with E-state index in [1.165, 1.54) is 32.5 Å². The Balaban J connectivity index is 1.27. The zero-order chi connectivity index (χ0) is 20.4. The number of fused-ring (bicyclic) bond motifs is 1. The Morgan fingerprint density at radius 3 is 2.31 bits per heavy atom. The number of carbonyl (C=O) groups excluding carboxylic acids is 1. The van der Waals surface area contributed by atoms with E-state index in [1.807, 2.05) is 29.3 Å². The van der Waals surface area contributed by atoms with Crippen molar-refractivity contribution in [2.75, 3.05) is 52.4 Å². The maximum Gasteiger partial charge on any atom is 0.222 e. The molecule has 2 saturated heterocycles. The van der Waals surface area contributed by atoms with Crippen LogP contribution in [0.15, 0.2) is 6.07 Å². The minimum absolute atomic E-state index is 0.264. The summed E-state index contributed by atoms with van der Waals surface area (Å²) in [5, 5.41) is 4.54. The van der Waals surface area contributed by atoms with Gasteiger partial charge < -0.3 is 9.80 Å². The predicted molar refractivity (Wildman–Crippen MR) is 114 cm³/mol. The van der Waals surface area contributed by atoms with Crippen molar-refractivity contribution in [1.82, 2.24) is 29.3 Å². The molecule has 4 heterocycles. The van der Waals surface area contributed by atoms with Gasteiger partial charge in [0.25, 0.3) is 0 Å². The van der Waals surface area contributed by atoms with E-state index < -0.39 is 0 Å². The molecule has 2 aliphatic rings. The first-order valence-corrected chi connectivity index (χ1v) is 11.1. The zero-order valence-electron chi connectivity index (χ0n) is 18.2. The highest BCUT2D eigenvalue weighted by Crippen LogP contribution is 2.18. The average Bonchev–Trinajstić information content (AvgIpc) is 3.35. The summed E-state index contributed by atoms with van der Waals surface area (Å²) in [6, 6.07) is 2.00. The molecule has 0 N–H and O–H groups in total. The maximum atomic E-state index is 12.8. The molecule has 2 aromatic rings. The minimum atomic E-state index is 0.264. The van der Waals surface area contributed by atoms with Crippen LogP contribution in [0.5, 0.6) is 0 Å². The molecular formula is C22H34N6O. The highest BCUT2D eigenvalue weighted by molar-refractivity contribution is 5.76. The van der Waals surface area contributed by atoms with Crippen molar-refractivity contribution in [1.29, 1.82) is 0 Å². The standard InChI is InChI=1S/C22H34N6O/c1-17-16-21-23-18(2)20(19(3)28(21)24-17)6-7-22(29)27-14-12-26(13-15-27)11-10-25-8-4-5-9-25/h16H,4-15H2,1-3H3. The van der Waals surface area contributed by atoms with Gasteiger partial charge in [-0.1, -0.05) is 0 Å². The topological polar surface area (TPSA) is 57.0 Å². The molecule has 1 amide bonds. The number of carbonyl (C=O) groups is 1. The molecule has 7 heteroatoms. The highest BCUT2D eigenvalue weighted by atomic mass is 16.2. The lowest BCUT2D eigenvalue weighted by Crippen LogP contribution is -2.50. The van der Waals surface area contributed by atoms with E-state index in [4.69, 9.17) is 0 Å². The number of aryl methyl sites for hydroxylation is 3. The fourth-order valence-corrected chi connectivity index (χ4v) is 4.70. The van der Waals surface area contributed by atoms with Crippen LogP contribution in [0.1, 0.15) is 41.9 Å². The van der Waals surface area contributed by atoms with Crippen molar-refractivity contribution in [3.05, 3.63) is 28.7 Å².